The van der Waals surface area contributed by atoms with Gasteiger partial charge in [0.05, 0.1) is 11.1 Å². The molecule has 1 atom stereocenters. The van der Waals surface area contributed by atoms with E-state index >= 15 is 0 Å². The van der Waals surface area contributed by atoms with E-state index in [-0.39, 0.29) is 18.2 Å². The van der Waals surface area contributed by atoms with Crippen molar-refractivity contribution in [1.29, 1.82) is 0 Å². The van der Waals surface area contributed by atoms with Gasteiger partial charge in [0.2, 0.25) is 0 Å². The molecule has 1 fully saturated rings. The van der Waals surface area contributed by atoms with Gasteiger partial charge >= 0.3 is 18.4 Å². The van der Waals surface area contributed by atoms with Crippen LogP contribution in [0.5, 0.6) is 0 Å². The summed E-state index contributed by atoms with van der Waals surface area (Å²) in [5.74, 6) is 0.322. The van der Waals surface area contributed by atoms with Gasteiger partial charge in [-0.1, -0.05) is 6.92 Å². The van der Waals surface area contributed by atoms with Gasteiger partial charge in [0.1, 0.15) is 0 Å². The van der Waals surface area contributed by atoms with E-state index in [9.17, 15) is 31.1 Å². The van der Waals surface area contributed by atoms with Gasteiger partial charge in [0.15, 0.2) is 0 Å². The maximum atomic E-state index is 12.9. The monoisotopic (exact) mass is 368 g/mol. The maximum absolute atomic E-state index is 12.9. The number of nitrogens with zero attached hydrogens (tertiary/aromatic N) is 2. The first-order valence-electron chi connectivity index (χ1n) is 7.66. The van der Waals surface area contributed by atoms with E-state index in [0.29, 0.717) is 31.1 Å². The Hall–Kier alpha value is -1.93. The molecule has 1 aliphatic heterocycles. The molecule has 25 heavy (non-hydrogen) atoms. The smallest absolute Gasteiger partial charge is 0.324 e. The van der Waals surface area contributed by atoms with Crippen molar-refractivity contribution < 1.29 is 31.1 Å². The van der Waals surface area contributed by atoms with Crippen LogP contribution in [0.2, 0.25) is 0 Å². The lowest BCUT2D eigenvalue weighted by molar-refractivity contribution is -0.143. The molecule has 0 aromatic heterocycles. The molecular weight excluding hydrogens is 350 g/mol. The Morgan fingerprint density at radius 1 is 1.12 bits per heavy atom. The van der Waals surface area contributed by atoms with Crippen LogP contribution in [-0.2, 0) is 18.9 Å². The maximum Gasteiger partial charge on any atom is 0.416 e. The van der Waals surface area contributed by atoms with Crippen molar-refractivity contribution in [3.8, 4) is 0 Å². The molecule has 2 rings (SSSR count). The van der Waals surface area contributed by atoms with Crippen LogP contribution in [0.15, 0.2) is 18.2 Å². The Morgan fingerprint density at radius 3 is 2.04 bits per heavy atom. The lowest BCUT2D eigenvalue weighted by atomic mass is 10.0. The predicted octanol–water partition coefficient (Wildman–Crippen LogP) is 4.62. The number of rotatable bonds is 2. The van der Waals surface area contributed by atoms with Crippen LogP contribution in [0.3, 0.4) is 0 Å². The molecule has 0 bridgehead atoms. The number of amides is 2. The van der Waals surface area contributed by atoms with E-state index in [1.165, 1.54) is 7.05 Å². The molecule has 1 heterocycles. The van der Waals surface area contributed by atoms with Crippen LogP contribution in [-0.4, -0.2) is 36.0 Å². The molecule has 1 aliphatic rings. The molecule has 1 unspecified atom stereocenters. The fourth-order valence-electron chi connectivity index (χ4n) is 2.80. The van der Waals surface area contributed by atoms with E-state index < -0.39 is 29.5 Å². The van der Waals surface area contributed by atoms with E-state index in [1.54, 1.807) is 4.90 Å². The summed E-state index contributed by atoms with van der Waals surface area (Å²) in [6.07, 6.45) is -8.98. The Labute approximate surface area is 141 Å². The highest BCUT2D eigenvalue weighted by Gasteiger charge is 2.37. The summed E-state index contributed by atoms with van der Waals surface area (Å²) in [5, 5.41) is 0. The van der Waals surface area contributed by atoms with Crippen molar-refractivity contribution in [2.75, 3.05) is 20.1 Å². The Kier molecular flexibility index (Phi) is 5.24. The van der Waals surface area contributed by atoms with Crippen LogP contribution in [0.4, 0.5) is 31.1 Å². The SMILES string of the molecule is CC1CCN(C(=O)N(C)Cc2cc(C(F)(F)F)cc(C(F)(F)F)c2)C1. The quantitative estimate of drug-likeness (QED) is 0.699. The molecule has 2 amide bonds. The standard InChI is InChI=1S/C16H18F6N2O/c1-10-3-4-24(8-10)14(25)23(2)9-11-5-12(15(17,18)19)7-13(6-11)16(20,21)22/h5-7,10H,3-4,8-9H2,1-2H3. The fourth-order valence-corrected chi connectivity index (χ4v) is 2.80. The molecule has 1 aromatic carbocycles. The first-order chi connectivity index (χ1) is 11.4. The summed E-state index contributed by atoms with van der Waals surface area (Å²) in [6.45, 7) is 2.69. The van der Waals surface area contributed by atoms with Gasteiger partial charge in [-0.25, -0.2) is 4.79 Å². The molecule has 140 valence electrons. The van der Waals surface area contributed by atoms with Crippen LogP contribution < -0.4 is 0 Å². The number of halogens is 6. The second-order valence-electron chi connectivity index (χ2n) is 6.39. The third kappa shape index (κ3) is 4.79. The number of urea groups is 1. The van der Waals surface area contributed by atoms with Crippen LogP contribution >= 0.6 is 0 Å². The zero-order valence-corrected chi connectivity index (χ0v) is 13.7. The Bertz CT molecular complexity index is 608. The number of carbonyl (C=O) groups is 1. The number of alkyl halides is 6. The second-order valence-corrected chi connectivity index (χ2v) is 6.39. The van der Waals surface area contributed by atoms with Gasteiger partial charge in [-0.05, 0) is 36.1 Å². The number of benzene rings is 1. The van der Waals surface area contributed by atoms with E-state index in [4.69, 9.17) is 0 Å². The topological polar surface area (TPSA) is 23.6 Å². The van der Waals surface area contributed by atoms with Crippen LogP contribution in [0.1, 0.15) is 30.0 Å². The van der Waals surface area contributed by atoms with Crippen molar-refractivity contribution in [3.05, 3.63) is 34.9 Å². The van der Waals surface area contributed by atoms with Crippen molar-refractivity contribution in [2.45, 2.75) is 32.2 Å². The van der Waals surface area contributed by atoms with Crippen molar-refractivity contribution >= 4 is 6.03 Å². The minimum atomic E-state index is -4.90. The number of hydrogen-bond donors (Lipinski definition) is 0. The third-order valence-corrected chi connectivity index (χ3v) is 4.09. The highest BCUT2D eigenvalue weighted by atomic mass is 19.4. The molecular formula is C16H18F6N2O. The second kappa shape index (κ2) is 6.76. The molecule has 0 aliphatic carbocycles. The molecule has 1 saturated heterocycles. The normalized spacial score (nSPS) is 18.6. The predicted molar refractivity (Wildman–Crippen MR) is 78.7 cm³/mol. The number of carbonyl (C=O) groups excluding carboxylic acids is 1. The summed E-state index contributed by atoms with van der Waals surface area (Å²) >= 11 is 0. The van der Waals surface area contributed by atoms with Crippen LogP contribution in [0, 0.1) is 5.92 Å². The van der Waals surface area contributed by atoms with Crippen molar-refractivity contribution in [2.24, 2.45) is 5.92 Å². The van der Waals surface area contributed by atoms with E-state index in [0.717, 1.165) is 11.3 Å². The summed E-state index contributed by atoms with van der Waals surface area (Å²) in [7, 11) is 1.36. The van der Waals surface area contributed by atoms with Gasteiger partial charge in [-0.15, -0.1) is 0 Å². The molecule has 9 heteroatoms. The average Bonchev–Trinajstić information content (AvgIpc) is 2.90. The molecule has 3 nitrogen and oxygen atoms in total. The molecule has 0 spiro atoms. The van der Waals surface area contributed by atoms with Gasteiger partial charge < -0.3 is 9.80 Å². The van der Waals surface area contributed by atoms with E-state index in [2.05, 4.69) is 0 Å². The van der Waals surface area contributed by atoms with Gasteiger partial charge in [-0.2, -0.15) is 26.3 Å². The molecule has 0 N–H and O–H groups in total. The minimum Gasteiger partial charge on any atom is -0.324 e. The van der Waals surface area contributed by atoms with Gasteiger partial charge in [0.25, 0.3) is 0 Å². The summed E-state index contributed by atoms with van der Waals surface area (Å²) in [4.78, 5) is 14.9. The largest absolute Gasteiger partial charge is 0.416 e. The Morgan fingerprint density at radius 2 is 1.64 bits per heavy atom. The van der Waals surface area contributed by atoms with Crippen molar-refractivity contribution in [3.63, 3.8) is 0 Å². The lowest BCUT2D eigenvalue weighted by Gasteiger charge is -2.25. The first kappa shape index (κ1) is 19.4. The fraction of sp³-hybridized carbons (Fsp3) is 0.562. The third-order valence-electron chi connectivity index (χ3n) is 4.09. The summed E-state index contributed by atoms with van der Waals surface area (Å²) in [5.41, 5.74) is -2.98. The zero-order valence-electron chi connectivity index (χ0n) is 13.7. The summed E-state index contributed by atoms with van der Waals surface area (Å²) in [6, 6.07) is 0.959. The average molecular weight is 368 g/mol. The van der Waals surface area contributed by atoms with E-state index in [1.807, 2.05) is 6.92 Å². The molecule has 1 aromatic rings. The number of hydrogen-bond acceptors (Lipinski definition) is 1. The zero-order chi connectivity index (χ0) is 19.0. The summed E-state index contributed by atoms with van der Waals surface area (Å²) < 4.78 is 77.2. The van der Waals surface area contributed by atoms with Crippen molar-refractivity contribution in [1.82, 2.24) is 9.80 Å². The molecule has 0 saturated carbocycles. The Balaban J connectivity index is 2.24. The van der Waals surface area contributed by atoms with Gasteiger partial charge in [0, 0.05) is 26.7 Å². The highest BCUT2D eigenvalue weighted by molar-refractivity contribution is 5.74. The van der Waals surface area contributed by atoms with Gasteiger partial charge in [-0.3, -0.25) is 0 Å². The highest BCUT2D eigenvalue weighted by Crippen LogP contribution is 2.36. The lowest BCUT2D eigenvalue weighted by Crippen LogP contribution is -2.39. The number of likely N-dealkylation sites (tertiary alicyclic amines) is 1. The van der Waals surface area contributed by atoms with Crippen LogP contribution in [0.25, 0.3) is 0 Å². The molecule has 0 radical (unpaired) electrons. The minimum absolute atomic E-state index is 0.0769. The first-order valence-corrected chi connectivity index (χ1v) is 7.66.